The van der Waals surface area contributed by atoms with Gasteiger partial charge in [0.25, 0.3) is 11.8 Å². The number of carbonyl (C=O) groups excluding carboxylic acids is 2. The van der Waals surface area contributed by atoms with Crippen molar-refractivity contribution in [3.63, 3.8) is 0 Å². The van der Waals surface area contributed by atoms with Crippen molar-refractivity contribution in [2.45, 2.75) is 6.42 Å². The molecule has 3 fully saturated rings. The predicted molar refractivity (Wildman–Crippen MR) is 82.3 cm³/mol. The van der Waals surface area contributed by atoms with Crippen LogP contribution >= 0.6 is 0 Å². The lowest BCUT2D eigenvalue weighted by Crippen LogP contribution is -2.40. The second-order valence-electron chi connectivity index (χ2n) is 6.98. The van der Waals surface area contributed by atoms with Crippen LogP contribution in [0.5, 0.6) is 5.75 Å². The molecule has 5 heteroatoms. The Morgan fingerprint density at radius 2 is 1.57 bits per heavy atom. The first-order chi connectivity index (χ1) is 11.1. The monoisotopic (exact) mass is 308 g/mol. The lowest BCUT2D eigenvalue weighted by atomic mass is 9.63. The van der Waals surface area contributed by atoms with Crippen LogP contribution in [0.4, 0.5) is 0 Å². The fourth-order valence-electron chi connectivity index (χ4n) is 4.74. The summed E-state index contributed by atoms with van der Waals surface area (Å²) in [6.07, 6.45) is 6.96. The average molecular weight is 308 g/mol. The Morgan fingerprint density at radius 3 is 2.13 bits per heavy atom. The maximum Gasteiger partial charge on any atom is 0.254 e. The highest BCUT2D eigenvalue weighted by atomic mass is 16.3. The molecule has 0 spiro atoms. The van der Waals surface area contributed by atoms with Gasteiger partial charge in [0.15, 0.2) is 0 Å². The topological polar surface area (TPSA) is 70.0 Å². The van der Waals surface area contributed by atoms with Gasteiger partial charge in [-0.05, 0) is 59.9 Å². The molecule has 0 radical (unpaired) electrons. The Hall–Kier alpha value is -2.43. The first-order valence-electron chi connectivity index (χ1n) is 8.04. The molecule has 2 saturated carbocycles. The Morgan fingerprint density at radius 1 is 1.00 bits per heavy atom. The number of carbonyl (C=O) groups is 2. The Kier molecular flexibility index (Phi) is 2.45. The zero-order valence-corrected chi connectivity index (χ0v) is 12.4. The number of allylic oxidation sites excluding steroid dienone is 2. The lowest BCUT2D eigenvalue weighted by molar-refractivity contribution is -0.140. The average Bonchev–Trinajstić information content (AvgIpc) is 3.33. The molecule has 0 aromatic heterocycles. The summed E-state index contributed by atoms with van der Waals surface area (Å²) in [5, 5.41) is 14.5. The quantitative estimate of drug-likeness (QED) is 0.514. The van der Waals surface area contributed by atoms with Crippen LogP contribution in [0, 0.1) is 35.5 Å². The summed E-state index contributed by atoms with van der Waals surface area (Å²) >= 11 is 0. The smallest absolute Gasteiger partial charge is 0.254 e. The second-order valence-corrected chi connectivity index (χ2v) is 6.98. The van der Waals surface area contributed by atoms with E-state index < -0.39 is 0 Å². The van der Waals surface area contributed by atoms with Crippen molar-refractivity contribution in [2.24, 2.45) is 40.6 Å². The van der Waals surface area contributed by atoms with Gasteiger partial charge in [-0.15, -0.1) is 0 Å². The van der Waals surface area contributed by atoms with Crippen LogP contribution in [0.15, 0.2) is 41.5 Å². The third-order valence-corrected chi connectivity index (χ3v) is 5.85. The van der Waals surface area contributed by atoms with Gasteiger partial charge in [0.1, 0.15) is 5.75 Å². The number of hydrazone groups is 1. The summed E-state index contributed by atoms with van der Waals surface area (Å²) in [5.41, 5.74) is 0.738. The summed E-state index contributed by atoms with van der Waals surface area (Å²) in [5.74, 6) is 1.09. The molecular weight excluding hydrogens is 292 g/mol. The van der Waals surface area contributed by atoms with E-state index in [0.29, 0.717) is 11.8 Å². The van der Waals surface area contributed by atoms with Gasteiger partial charge in [0.05, 0.1) is 18.1 Å². The third-order valence-electron chi connectivity index (χ3n) is 5.85. The Labute approximate surface area is 133 Å². The first kappa shape index (κ1) is 13.0. The summed E-state index contributed by atoms with van der Waals surface area (Å²) in [6.45, 7) is 0. The number of phenols is 1. The van der Waals surface area contributed by atoms with Crippen molar-refractivity contribution in [3.05, 3.63) is 42.0 Å². The van der Waals surface area contributed by atoms with Crippen molar-refractivity contribution in [2.75, 3.05) is 0 Å². The van der Waals surface area contributed by atoms with Crippen LogP contribution in [0.3, 0.4) is 0 Å². The standard InChI is InChI=1S/C18H16N2O3/c21-10-3-1-9(2-4-10)8-19-20-17(22)15-11-5-6-12(14-7-13(11)14)16(15)18(20)23/h1-6,8,11-16,21H,7H2/b19-8-/t11-,12-,13-,14+,15+,16+/m0/s1. The second kappa shape index (κ2) is 4.31. The number of amides is 2. The molecule has 23 heavy (non-hydrogen) atoms. The van der Waals surface area contributed by atoms with E-state index in [4.69, 9.17) is 0 Å². The highest BCUT2D eigenvalue weighted by Crippen LogP contribution is 2.65. The van der Waals surface area contributed by atoms with Gasteiger partial charge in [-0.2, -0.15) is 10.1 Å². The van der Waals surface area contributed by atoms with E-state index in [1.807, 2.05) is 0 Å². The molecule has 1 aliphatic heterocycles. The minimum Gasteiger partial charge on any atom is -0.508 e. The van der Waals surface area contributed by atoms with Crippen molar-refractivity contribution in [3.8, 4) is 5.75 Å². The van der Waals surface area contributed by atoms with Gasteiger partial charge in [0.2, 0.25) is 0 Å². The molecule has 1 N–H and O–H groups in total. The number of hydrogen-bond acceptors (Lipinski definition) is 4. The van der Waals surface area contributed by atoms with E-state index in [2.05, 4.69) is 17.3 Å². The molecule has 1 heterocycles. The third kappa shape index (κ3) is 1.70. The Balaban J connectivity index is 1.44. The maximum absolute atomic E-state index is 12.7. The van der Waals surface area contributed by atoms with Crippen molar-refractivity contribution >= 4 is 18.0 Å². The van der Waals surface area contributed by atoms with E-state index in [-0.39, 0.29) is 41.2 Å². The number of imide groups is 1. The molecule has 1 saturated heterocycles. The molecule has 5 nitrogen and oxygen atoms in total. The van der Waals surface area contributed by atoms with Crippen molar-refractivity contribution < 1.29 is 14.7 Å². The number of phenolic OH excluding ortho intramolecular Hbond substituents is 1. The SMILES string of the molecule is O=C1[C@@H]2[C@H]3C=C[C@@H]([C@@H]4C[C@H]34)[C@H]2C(=O)N1/N=C\c1ccc(O)cc1. The minimum atomic E-state index is -0.210. The predicted octanol–water partition coefficient (Wildman–Crippen LogP) is 1.78. The van der Waals surface area contributed by atoms with Crippen LogP contribution in [-0.4, -0.2) is 28.1 Å². The van der Waals surface area contributed by atoms with Crippen LogP contribution < -0.4 is 0 Å². The largest absolute Gasteiger partial charge is 0.508 e. The highest BCUT2D eigenvalue weighted by molar-refractivity contribution is 6.06. The van der Waals surface area contributed by atoms with E-state index in [1.54, 1.807) is 24.3 Å². The van der Waals surface area contributed by atoms with Crippen LogP contribution in [0.25, 0.3) is 0 Å². The van der Waals surface area contributed by atoms with E-state index in [9.17, 15) is 14.7 Å². The van der Waals surface area contributed by atoms with Gasteiger partial charge in [-0.25, -0.2) is 0 Å². The molecule has 5 aliphatic rings. The summed E-state index contributed by atoms with van der Waals surface area (Å²) in [4.78, 5) is 25.4. The van der Waals surface area contributed by atoms with Gasteiger partial charge >= 0.3 is 0 Å². The molecule has 1 aromatic rings. The van der Waals surface area contributed by atoms with Gasteiger partial charge in [-0.3, -0.25) is 9.59 Å². The summed E-state index contributed by atoms with van der Waals surface area (Å²) in [7, 11) is 0. The number of nitrogens with zero attached hydrogens (tertiary/aromatic N) is 2. The molecule has 1 aromatic carbocycles. The minimum absolute atomic E-state index is 0.153. The van der Waals surface area contributed by atoms with Gasteiger partial charge < -0.3 is 5.11 Å². The Bertz CT molecular complexity index is 731. The molecule has 116 valence electrons. The zero-order chi connectivity index (χ0) is 15.7. The molecule has 6 atom stereocenters. The lowest BCUT2D eigenvalue weighted by Gasteiger charge is -2.37. The first-order valence-corrected chi connectivity index (χ1v) is 8.04. The number of rotatable bonds is 2. The van der Waals surface area contributed by atoms with Gasteiger partial charge in [0, 0.05) is 0 Å². The zero-order valence-electron chi connectivity index (χ0n) is 12.4. The summed E-state index contributed by atoms with van der Waals surface area (Å²) < 4.78 is 0. The summed E-state index contributed by atoms with van der Waals surface area (Å²) in [6, 6.07) is 6.48. The van der Waals surface area contributed by atoms with E-state index in [0.717, 1.165) is 17.0 Å². The molecular formula is C18H16N2O3. The molecule has 4 aliphatic carbocycles. The number of benzene rings is 1. The van der Waals surface area contributed by atoms with Crippen LogP contribution in [0.2, 0.25) is 0 Å². The van der Waals surface area contributed by atoms with E-state index in [1.165, 1.54) is 6.21 Å². The fraction of sp³-hybridized carbons (Fsp3) is 0.389. The van der Waals surface area contributed by atoms with Crippen LogP contribution in [-0.2, 0) is 9.59 Å². The fourth-order valence-corrected chi connectivity index (χ4v) is 4.74. The van der Waals surface area contributed by atoms with Crippen molar-refractivity contribution in [1.82, 2.24) is 5.01 Å². The van der Waals surface area contributed by atoms with Gasteiger partial charge in [-0.1, -0.05) is 12.2 Å². The maximum atomic E-state index is 12.7. The molecule has 2 amide bonds. The normalized spacial score (nSPS) is 39.9. The highest BCUT2D eigenvalue weighted by Gasteiger charge is 2.67. The molecule has 0 unspecified atom stereocenters. The van der Waals surface area contributed by atoms with Crippen LogP contribution in [0.1, 0.15) is 12.0 Å². The van der Waals surface area contributed by atoms with Crippen molar-refractivity contribution in [1.29, 1.82) is 0 Å². The van der Waals surface area contributed by atoms with E-state index >= 15 is 0 Å². The molecule has 2 bridgehead atoms. The number of hydrogen-bond donors (Lipinski definition) is 1. The number of aromatic hydroxyl groups is 1. The molecule has 6 rings (SSSR count).